The van der Waals surface area contributed by atoms with E-state index in [9.17, 15) is 18.5 Å². The zero-order valence-electron chi connectivity index (χ0n) is 15.4. The van der Waals surface area contributed by atoms with Crippen LogP contribution in [0.4, 0.5) is 5.69 Å². The molecule has 2 aromatic carbocycles. The van der Waals surface area contributed by atoms with E-state index in [1.54, 1.807) is 42.5 Å². The van der Waals surface area contributed by atoms with Gasteiger partial charge in [-0.1, -0.05) is 18.2 Å². The van der Waals surface area contributed by atoms with Gasteiger partial charge in [0, 0.05) is 11.8 Å². The number of nitrogens with one attached hydrogen (secondary N) is 1. The zero-order valence-corrected chi connectivity index (χ0v) is 16.3. The van der Waals surface area contributed by atoms with Crippen LogP contribution in [0.1, 0.15) is 22.0 Å². The molecule has 0 spiro atoms. The molecular formula is C21H17N3O4S. The molecule has 0 radical (unpaired) electrons. The number of ketones is 1. The van der Waals surface area contributed by atoms with Gasteiger partial charge >= 0.3 is 0 Å². The molecular weight excluding hydrogens is 390 g/mol. The van der Waals surface area contributed by atoms with Gasteiger partial charge in [-0.15, -0.1) is 0 Å². The molecule has 0 amide bonds. The molecule has 0 fully saturated rings. The largest absolute Gasteiger partial charge is 0.495 e. The van der Waals surface area contributed by atoms with Gasteiger partial charge in [0.05, 0.1) is 29.5 Å². The van der Waals surface area contributed by atoms with Crippen molar-refractivity contribution in [3.8, 4) is 11.8 Å². The highest BCUT2D eigenvalue weighted by Gasteiger charge is 2.24. The van der Waals surface area contributed by atoms with Gasteiger partial charge in [0.1, 0.15) is 5.75 Å². The van der Waals surface area contributed by atoms with Gasteiger partial charge in [-0.3, -0.25) is 14.5 Å². The van der Waals surface area contributed by atoms with Crippen LogP contribution in [-0.4, -0.2) is 26.3 Å². The Kier molecular flexibility index (Phi) is 5.90. The zero-order chi connectivity index (χ0) is 20.9. The van der Waals surface area contributed by atoms with Crippen LogP contribution >= 0.6 is 0 Å². The van der Waals surface area contributed by atoms with E-state index in [0.29, 0.717) is 17.1 Å². The molecule has 0 aliphatic rings. The lowest BCUT2D eigenvalue weighted by Gasteiger charge is -2.12. The summed E-state index contributed by atoms with van der Waals surface area (Å²) in [6.07, 6.45) is 1.51. The molecule has 0 unspecified atom stereocenters. The van der Waals surface area contributed by atoms with E-state index < -0.39 is 21.7 Å². The Morgan fingerprint density at radius 2 is 1.76 bits per heavy atom. The van der Waals surface area contributed by atoms with E-state index in [-0.39, 0.29) is 10.5 Å². The van der Waals surface area contributed by atoms with Gasteiger partial charge in [0.25, 0.3) is 10.0 Å². The van der Waals surface area contributed by atoms with Crippen molar-refractivity contribution in [3.63, 3.8) is 0 Å². The number of carbonyl (C=O) groups is 1. The summed E-state index contributed by atoms with van der Waals surface area (Å²) >= 11 is 0. The molecule has 0 aliphatic carbocycles. The number of hydrogen-bond donors (Lipinski definition) is 1. The third-order valence-electron chi connectivity index (χ3n) is 4.18. The Morgan fingerprint density at radius 1 is 1.07 bits per heavy atom. The van der Waals surface area contributed by atoms with Crippen LogP contribution in [0.3, 0.4) is 0 Å². The SMILES string of the molecule is COc1ccccc1NS(=O)(=O)c1ccc(C(=O)[C@@H](C#N)c2ccccn2)cc1. The lowest BCUT2D eigenvalue weighted by molar-refractivity contribution is 0.0977. The molecule has 1 atom stereocenters. The van der Waals surface area contributed by atoms with Crippen molar-refractivity contribution < 1.29 is 17.9 Å². The maximum absolute atomic E-state index is 12.7. The number of Topliss-reactive ketones (excluding diaryl/α,β-unsaturated/α-hetero) is 1. The second-order valence-corrected chi connectivity index (χ2v) is 7.69. The summed E-state index contributed by atoms with van der Waals surface area (Å²) in [5.41, 5.74) is 0.864. The number of benzene rings is 2. The van der Waals surface area contributed by atoms with Crippen molar-refractivity contribution in [2.24, 2.45) is 0 Å². The fraction of sp³-hybridized carbons (Fsp3) is 0.0952. The van der Waals surface area contributed by atoms with E-state index in [1.165, 1.54) is 37.6 Å². The predicted octanol–water partition coefficient (Wildman–Crippen LogP) is 3.38. The number of rotatable bonds is 7. The number of methoxy groups -OCH3 is 1. The normalized spacial score (nSPS) is 11.9. The fourth-order valence-corrected chi connectivity index (χ4v) is 3.77. The van der Waals surface area contributed by atoms with Gasteiger partial charge in [0.15, 0.2) is 11.7 Å². The molecule has 0 bridgehead atoms. The Hall–Kier alpha value is -3.70. The number of carbonyl (C=O) groups excluding carboxylic acids is 1. The van der Waals surface area contributed by atoms with Gasteiger partial charge < -0.3 is 4.74 Å². The highest BCUT2D eigenvalue weighted by atomic mass is 32.2. The first-order valence-electron chi connectivity index (χ1n) is 8.57. The van der Waals surface area contributed by atoms with Crippen LogP contribution in [-0.2, 0) is 10.0 Å². The average molecular weight is 407 g/mol. The fourth-order valence-electron chi connectivity index (χ4n) is 2.70. The van der Waals surface area contributed by atoms with E-state index in [4.69, 9.17) is 4.74 Å². The highest BCUT2D eigenvalue weighted by Crippen LogP contribution is 2.26. The molecule has 3 aromatic rings. The molecule has 8 heteroatoms. The molecule has 0 saturated heterocycles. The van der Waals surface area contributed by atoms with Crippen molar-refractivity contribution in [3.05, 3.63) is 84.2 Å². The minimum Gasteiger partial charge on any atom is -0.495 e. The van der Waals surface area contributed by atoms with Gasteiger partial charge in [-0.05, 0) is 48.5 Å². The summed E-state index contributed by atoms with van der Waals surface area (Å²) in [6, 6.07) is 19.0. The standard InChI is InChI=1S/C21H17N3O4S/c1-28-20-8-3-2-7-19(20)24-29(26,27)16-11-9-15(10-12-16)21(25)17(14-22)18-6-4-5-13-23-18/h2-13,17,24H,1H3/t17-/m0/s1. The first-order chi connectivity index (χ1) is 14.0. The Balaban J connectivity index is 1.84. The monoisotopic (exact) mass is 407 g/mol. The first-order valence-corrected chi connectivity index (χ1v) is 10.1. The maximum Gasteiger partial charge on any atom is 0.262 e. The van der Waals surface area contributed by atoms with Crippen molar-refractivity contribution in [1.29, 1.82) is 5.26 Å². The number of nitriles is 1. The van der Waals surface area contributed by atoms with Crippen LogP contribution < -0.4 is 9.46 Å². The molecule has 3 rings (SSSR count). The number of para-hydroxylation sites is 2. The predicted molar refractivity (Wildman–Crippen MR) is 107 cm³/mol. The Labute approximate surface area is 168 Å². The van der Waals surface area contributed by atoms with Gasteiger partial charge in [0.2, 0.25) is 0 Å². The van der Waals surface area contributed by atoms with Crippen molar-refractivity contribution in [2.75, 3.05) is 11.8 Å². The molecule has 1 N–H and O–H groups in total. The second kappa shape index (κ2) is 8.54. The van der Waals surface area contributed by atoms with Crippen molar-refractivity contribution in [1.82, 2.24) is 4.98 Å². The van der Waals surface area contributed by atoms with Gasteiger partial charge in [-0.2, -0.15) is 5.26 Å². The molecule has 0 saturated carbocycles. The summed E-state index contributed by atoms with van der Waals surface area (Å²) in [6.45, 7) is 0. The van der Waals surface area contributed by atoms with Crippen molar-refractivity contribution in [2.45, 2.75) is 10.8 Å². The number of hydrogen-bond acceptors (Lipinski definition) is 6. The second-order valence-electron chi connectivity index (χ2n) is 6.01. The molecule has 1 aromatic heterocycles. The van der Waals surface area contributed by atoms with E-state index >= 15 is 0 Å². The van der Waals surface area contributed by atoms with E-state index in [0.717, 1.165) is 0 Å². The first kappa shape index (κ1) is 20.0. The quantitative estimate of drug-likeness (QED) is 0.601. The third kappa shape index (κ3) is 4.42. The summed E-state index contributed by atoms with van der Waals surface area (Å²) in [7, 11) is -2.44. The molecule has 1 heterocycles. The molecule has 146 valence electrons. The van der Waals surface area contributed by atoms with E-state index in [2.05, 4.69) is 9.71 Å². The maximum atomic E-state index is 12.7. The lowest BCUT2D eigenvalue weighted by Crippen LogP contribution is -2.15. The van der Waals surface area contributed by atoms with Gasteiger partial charge in [-0.25, -0.2) is 8.42 Å². The minimum atomic E-state index is -3.89. The van der Waals surface area contributed by atoms with E-state index in [1.807, 2.05) is 6.07 Å². The summed E-state index contributed by atoms with van der Waals surface area (Å²) in [5.74, 6) is -1.13. The topological polar surface area (TPSA) is 109 Å². The molecule has 29 heavy (non-hydrogen) atoms. The Morgan fingerprint density at radius 3 is 2.38 bits per heavy atom. The smallest absolute Gasteiger partial charge is 0.262 e. The minimum absolute atomic E-state index is 0.0219. The lowest BCUT2D eigenvalue weighted by atomic mass is 9.95. The summed E-state index contributed by atoms with van der Waals surface area (Å²) in [5, 5.41) is 9.38. The molecule has 7 nitrogen and oxygen atoms in total. The molecule has 0 aliphatic heterocycles. The van der Waals surface area contributed by atoms with Crippen LogP contribution in [0.15, 0.2) is 77.8 Å². The third-order valence-corrected chi connectivity index (χ3v) is 5.56. The Bertz CT molecular complexity index is 1150. The number of sulfonamides is 1. The van der Waals surface area contributed by atoms with Crippen molar-refractivity contribution >= 4 is 21.5 Å². The number of nitrogens with zero attached hydrogens (tertiary/aromatic N) is 2. The van der Waals surface area contributed by atoms with Crippen LogP contribution in [0.25, 0.3) is 0 Å². The summed E-state index contributed by atoms with van der Waals surface area (Å²) in [4.78, 5) is 16.7. The number of anilines is 1. The number of aromatic nitrogens is 1. The number of ether oxygens (including phenoxy) is 1. The number of pyridine rings is 1. The van der Waals surface area contributed by atoms with Crippen LogP contribution in [0.2, 0.25) is 0 Å². The summed E-state index contributed by atoms with van der Waals surface area (Å²) < 4.78 is 32.9. The highest BCUT2D eigenvalue weighted by molar-refractivity contribution is 7.92. The van der Waals surface area contributed by atoms with Crippen LogP contribution in [0, 0.1) is 11.3 Å². The van der Waals surface area contributed by atoms with Crippen LogP contribution in [0.5, 0.6) is 5.75 Å². The average Bonchev–Trinajstić information content (AvgIpc) is 2.75.